The Morgan fingerprint density at radius 1 is 0.958 bits per heavy atom. The van der Waals surface area contributed by atoms with E-state index in [9.17, 15) is 0 Å². The standard InChI is InChI=1S/C19H39NO2S2/c1-4-7-8-9-10-11-12-13-14-20(19(23)24)17-18(5-2)22-16-15-21-6-3/h18H,4-17H2,1-3H3,(H,23,24). The van der Waals surface area contributed by atoms with Gasteiger partial charge in [0.1, 0.15) is 4.32 Å². The Morgan fingerprint density at radius 2 is 1.58 bits per heavy atom. The maximum Gasteiger partial charge on any atom is 0.133 e. The van der Waals surface area contributed by atoms with E-state index < -0.39 is 0 Å². The second-order valence-corrected chi connectivity index (χ2v) is 7.41. The van der Waals surface area contributed by atoms with Crippen LogP contribution in [0.25, 0.3) is 0 Å². The highest BCUT2D eigenvalue weighted by molar-refractivity contribution is 8.10. The van der Waals surface area contributed by atoms with E-state index in [4.69, 9.17) is 21.7 Å². The first kappa shape index (κ1) is 24.2. The third-order valence-electron chi connectivity index (χ3n) is 4.22. The second-order valence-electron chi connectivity index (χ2n) is 6.30. The summed E-state index contributed by atoms with van der Waals surface area (Å²) in [5, 5.41) is 0. The number of rotatable bonds is 17. The van der Waals surface area contributed by atoms with E-state index >= 15 is 0 Å². The molecule has 0 aliphatic carbocycles. The van der Waals surface area contributed by atoms with Crippen LogP contribution in [-0.4, -0.2) is 48.2 Å². The lowest BCUT2D eigenvalue weighted by Gasteiger charge is -2.27. The van der Waals surface area contributed by atoms with Gasteiger partial charge >= 0.3 is 0 Å². The Bertz CT molecular complexity index is 291. The maximum atomic E-state index is 5.90. The molecule has 24 heavy (non-hydrogen) atoms. The van der Waals surface area contributed by atoms with Crippen LogP contribution in [0.1, 0.15) is 78.6 Å². The van der Waals surface area contributed by atoms with Crippen molar-refractivity contribution in [3.8, 4) is 0 Å². The minimum Gasteiger partial charge on any atom is -0.379 e. The van der Waals surface area contributed by atoms with Gasteiger partial charge in [-0.1, -0.05) is 71.0 Å². The normalized spacial score (nSPS) is 12.3. The van der Waals surface area contributed by atoms with E-state index in [1.165, 1.54) is 51.4 Å². The Labute approximate surface area is 161 Å². The minimum atomic E-state index is 0.199. The van der Waals surface area contributed by atoms with E-state index in [0.717, 1.165) is 26.1 Å². The molecule has 0 aromatic carbocycles. The maximum absolute atomic E-state index is 5.90. The van der Waals surface area contributed by atoms with Crippen LogP contribution >= 0.6 is 24.8 Å². The lowest BCUT2D eigenvalue weighted by atomic mass is 10.1. The highest BCUT2D eigenvalue weighted by atomic mass is 32.1. The van der Waals surface area contributed by atoms with Crippen molar-refractivity contribution < 1.29 is 9.47 Å². The number of hydrogen-bond acceptors (Lipinski definition) is 3. The molecule has 144 valence electrons. The van der Waals surface area contributed by atoms with Crippen LogP contribution in [0.4, 0.5) is 0 Å². The molecular weight excluding hydrogens is 338 g/mol. The SMILES string of the molecule is CCCCCCCCCCN(CC(CC)OCCOCC)C(=S)S. The number of ether oxygens (including phenoxy) is 2. The quantitative estimate of drug-likeness (QED) is 0.206. The van der Waals surface area contributed by atoms with Crippen molar-refractivity contribution >= 4 is 29.2 Å². The van der Waals surface area contributed by atoms with Gasteiger partial charge in [-0.15, -0.1) is 12.6 Å². The van der Waals surface area contributed by atoms with Gasteiger partial charge in [-0.3, -0.25) is 0 Å². The Balaban J connectivity index is 3.87. The summed E-state index contributed by atoms with van der Waals surface area (Å²) in [6.45, 7) is 10.3. The predicted molar refractivity (Wildman–Crippen MR) is 112 cm³/mol. The van der Waals surface area contributed by atoms with Gasteiger partial charge in [0.05, 0.1) is 19.3 Å². The highest BCUT2D eigenvalue weighted by Gasteiger charge is 2.14. The number of thiol groups is 1. The summed E-state index contributed by atoms with van der Waals surface area (Å²) >= 11 is 9.69. The second kappa shape index (κ2) is 18.0. The van der Waals surface area contributed by atoms with E-state index in [1.54, 1.807) is 0 Å². The van der Waals surface area contributed by atoms with Crippen LogP contribution in [0, 0.1) is 0 Å². The lowest BCUT2D eigenvalue weighted by molar-refractivity contribution is -0.00173. The van der Waals surface area contributed by atoms with E-state index in [2.05, 4.69) is 31.4 Å². The van der Waals surface area contributed by atoms with Crippen LogP contribution < -0.4 is 0 Å². The Hall–Kier alpha value is 0.160. The fourth-order valence-corrected chi connectivity index (χ4v) is 3.01. The molecule has 0 aromatic rings. The van der Waals surface area contributed by atoms with Gasteiger partial charge in [0.15, 0.2) is 0 Å². The van der Waals surface area contributed by atoms with Crippen molar-refractivity contribution in [3.05, 3.63) is 0 Å². The molecule has 0 bridgehead atoms. The lowest BCUT2D eigenvalue weighted by Crippen LogP contribution is -2.36. The number of thiocarbonyl (C=S) groups is 1. The topological polar surface area (TPSA) is 21.7 Å². The van der Waals surface area contributed by atoms with Crippen LogP contribution in [0.2, 0.25) is 0 Å². The molecule has 1 atom stereocenters. The van der Waals surface area contributed by atoms with Crippen LogP contribution in [0.3, 0.4) is 0 Å². The molecule has 0 heterocycles. The Morgan fingerprint density at radius 3 is 2.12 bits per heavy atom. The van der Waals surface area contributed by atoms with Crippen molar-refractivity contribution in [1.82, 2.24) is 4.90 Å². The molecule has 0 fully saturated rings. The van der Waals surface area contributed by atoms with Gasteiger partial charge in [-0.2, -0.15) is 0 Å². The first-order valence-corrected chi connectivity index (χ1v) is 10.7. The molecular formula is C19H39NO2S2. The summed E-state index contributed by atoms with van der Waals surface area (Å²) in [5.74, 6) is 0. The largest absolute Gasteiger partial charge is 0.379 e. The fraction of sp³-hybridized carbons (Fsp3) is 0.947. The summed E-state index contributed by atoms with van der Waals surface area (Å²) in [6, 6.07) is 0. The summed E-state index contributed by atoms with van der Waals surface area (Å²) in [5.41, 5.74) is 0. The number of nitrogens with zero attached hydrogens (tertiary/aromatic N) is 1. The van der Waals surface area contributed by atoms with Crippen molar-refractivity contribution in [2.75, 3.05) is 32.9 Å². The highest BCUT2D eigenvalue weighted by Crippen LogP contribution is 2.11. The van der Waals surface area contributed by atoms with Crippen molar-refractivity contribution in [2.45, 2.75) is 84.7 Å². The van der Waals surface area contributed by atoms with Crippen LogP contribution in [-0.2, 0) is 9.47 Å². The average Bonchev–Trinajstić information content (AvgIpc) is 2.58. The first-order chi connectivity index (χ1) is 11.7. The fourth-order valence-electron chi connectivity index (χ4n) is 2.67. The zero-order valence-corrected chi connectivity index (χ0v) is 17.8. The van der Waals surface area contributed by atoms with Gasteiger partial charge in [0.25, 0.3) is 0 Å². The van der Waals surface area contributed by atoms with E-state index in [-0.39, 0.29) is 6.10 Å². The molecule has 0 aliphatic rings. The molecule has 0 rings (SSSR count). The number of hydrogen-bond donors (Lipinski definition) is 1. The minimum absolute atomic E-state index is 0.199. The van der Waals surface area contributed by atoms with E-state index in [0.29, 0.717) is 17.5 Å². The molecule has 0 saturated carbocycles. The zero-order chi connectivity index (χ0) is 18.0. The van der Waals surface area contributed by atoms with Crippen LogP contribution in [0.15, 0.2) is 0 Å². The first-order valence-electron chi connectivity index (χ1n) is 9.82. The Kier molecular flexibility index (Phi) is 18.1. The van der Waals surface area contributed by atoms with Crippen LogP contribution in [0.5, 0.6) is 0 Å². The molecule has 0 spiro atoms. The molecule has 0 amide bonds. The number of unbranched alkanes of at least 4 members (excludes halogenated alkanes) is 7. The molecule has 1 unspecified atom stereocenters. The summed E-state index contributed by atoms with van der Waals surface area (Å²) in [6.07, 6.45) is 11.8. The molecule has 0 aliphatic heterocycles. The summed E-state index contributed by atoms with van der Waals surface area (Å²) < 4.78 is 11.9. The zero-order valence-electron chi connectivity index (χ0n) is 16.1. The van der Waals surface area contributed by atoms with Gasteiger partial charge < -0.3 is 14.4 Å². The molecule has 0 saturated heterocycles. The van der Waals surface area contributed by atoms with E-state index in [1.807, 2.05) is 6.92 Å². The molecule has 0 radical (unpaired) electrons. The van der Waals surface area contributed by atoms with Gasteiger partial charge in [-0.05, 0) is 19.8 Å². The van der Waals surface area contributed by atoms with Crippen molar-refractivity contribution in [1.29, 1.82) is 0 Å². The monoisotopic (exact) mass is 377 g/mol. The van der Waals surface area contributed by atoms with Crippen molar-refractivity contribution in [3.63, 3.8) is 0 Å². The van der Waals surface area contributed by atoms with Gasteiger partial charge in [0, 0.05) is 19.7 Å². The van der Waals surface area contributed by atoms with Gasteiger partial charge in [0.2, 0.25) is 0 Å². The molecule has 5 heteroatoms. The van der Waals surface area contributed by atoms with Gasteiger partial charge in [-0.25, -0.2) is 0 Å². The third kappa shape index (κ3) is 14.5. The van der Waals surface area contributed by atoms with Crippen molar-refractivity contribution in [2.24, 2.45) is 0 Å². The summed E-state index contributed by atoms with van der Waals surface area (Å²) in [4.78, 5) is 2.18. The summed E-state index contributed by atoms with van der Waals surface area (Å²) in [7, 11) is 0. The average molecular weight is 378 g/mol. The molecule has 0 N–H and O–H groups in total. The third-order valence-corrected chi connectivity index (χ3v) is 4.76. The predicted octanol–water partition coefficient (Wildman–Crippen LogP) is 5.48. The smallest absolute Gasteiger partial charge is 0.133 e. The molecule has 0 aromatic heterocycles. The molecule has 3 nitrogen and oxygen atoms in total.